The number of carbonyl (C=O) groups is 1. The van der Waals surface area contributed by atoms with E-state index in [0.29, 0.717) is 16.1 Å². The molecule has 2 aromatic rings. The number of nitrogens with zero attached hydrogens (tertiary/aromatic N) is 1. The summed E-state index contributed by atoms with van der Waals surface area (Å²) in [5.41, 5.74) is 1.02. The largest absolute Gasteiger partial charge is 0.484 e. The fraction of sp³-hybridized carbons (Fsp3) is 0.125. The number of nitriles is 1. The standard InChI is InChI=1S/C16H11ClFNO2/c17-13-4-3-12(9-19)16(8-13)21-10-15(20)7-11-1-5-14(18)6-2-11/h1-6,8H,7,10H2. The lowest BCUT2D eigenvalue weighted by molar-refractivity contribution is -0.120. The third-order valence-corrected chi connectivity index (χ3v) is 3.00. The maximum absolute atomic E-state index is 12.8. The van der Waals surface area contributed by atoms with Crippen molar-refractivity contribution >= 4 is 17.4 Å². The summed E-state index contributed by atoms with van der Waals surface area (Å²) in [5, 5.41) is 9.37. The van der Waals surface area contributed by atoms with Crippen LogP contribution >= 0.6 is 11.6 Å². The van der Waals surface area contributed by atoms with Gasteiger partial charge in [0, 0.05) is 17.5 Å². The van der Waals surface area contributed by atoms with Crippen molar-refractivity contribution < 1.29 is 13.9 Å². The predicted octanol–water partition coefficient (Wildman–Crippen LogP) is 3.54. The predicted molar refractivity (Wildman–Crippen MR) is 76.8 cm³/mol. The van der Waals surface area contributed by atoms with Crippen molar-refractivity contribution in [2.45, 2.75) is 6.42 Å². The highest BCUT2D eigenvalue weighted by molar-refractivity contribution is 6.30. The van der Waals surface area contributed by atoms with Crippen LogP contribution in [0, 0.1) is 17.1 Å². The molecule has 5 heteroatoms. The van der Waals surface area contributed by atoms with E-state index in [0.717, 1.165) is 0 Å². The molecular weight excluding hydrogens is 293 g/mol. The molecule has 0 bridgehead atoms. The van der Waals surface area contributed by atoms with Gasteiger partial charge in [0.05, 0.1) is 5.56 Å². The van der Waals surface area contributed by atoms with Gasteiger partial charge in [0.2, 0.25) is 0 Å². The molecule has 0 aromatic heterocycles. The minimum absolute atomic E-state index is 0.142. The van der Waals surface area contributed by atoms with Crippen molar-refractivity contribution in [1.29, 1.82) is 5.26 Å². The molecular formula is C16H11ClFNO2. The molecule has 0 heterocycles. The summed E-state index contributed by atoms with van der Waals surface area (Å²) in [4.78, 5) is 11.8. The van der Waals surface area contributed by atoms with Crippen LogP contribution in [0.5, 0.6) is 5.75 Å². The van der Waals surface area contributed by atoms with Crippen LogP contribution < -0.4 is 4.74 Å². The lowest BCUT2D eigenvalue weighted by atomic mass is 10.1. The van der Waals surface area contributed by atoms with Gasteiger partial charge >= 0.3 is 0 Å². The number of ether oxygens (including phenoxy) is 1. The lowest BCUT2D eigenvalue weighted by Crippen LogP contribution is -2.14. The minimum Gasteiger partial charge on any atom is -0.484 e. The lowest BCUT2D eigenvalue weighted by Gasteiger charge is -2.07. The fourth-order valence-electron chi connectivity index (χ4n) is 1.75. The van der Waals surface area contributed by atoms with Crippen LogP contribution in [0.25, 0.3) is 0 Å². The van der Waals surface area contributed by atoms with Crippen LogP contribution in [0.15, 0.2) is 42.5 Å². The summed E-state index contributed by atoms with van der Waals surface area (Å²) in [6, 6.07) is 12.3. The second kappa shape index (κ2) is 6.87. The summed E-state index contributed by atoms with van der Waals surface area (Å²) in [5.74, 6) is -0.247. The van der Waals surface area contributed by atoms with E-state index in [9.17, 15) is 9.18 Å². The molecule has 0 spiro atoms. The number of ketones is 1. The Labute approximate surface area is 126 Å². The van der Waals surface area contributed by atoms with Crippen molar-refractivity contribution in [2.24, 2.45) is 0 Å². The van der Waals surface area contributed by atoms with Crippen LogP contribution in [0.3, 0.4) is 0 Å². The van der Waals surface area contributed by atoms with E-state index in [-0.39, 0.29) is 30.4 Å². The topological polar surface area (TPSA) is 50.1 Å². The van der Waals surface area contributed by atoms with Gasteiger partial charge < -0.3 is 4.74 Å². The summed E-state index contributed by atoms with van der Waals surface area (Å²) in [7, 11) is 0. The Morgan fingerprint density at radius 3 is 2.62 bits per heavy atom. The highest BCUT2D eigenvalue weighted by Gasteiger charge is 2.09. The minimum atomic E-state index is -0.347. The van der Waals surface area contributed by atoms with Crippen molar-refractivity contribution in [3.8, 4) is 11.8 Å². The van der Waals surface area contributed by atoms with Gasteiger partial charge in [-0.05, 0) is 29.8 Å². The smallest absolute Gasteiger partial charge is 0.174 e. The van der Waals surface area contributed by atoms with Crippen LogP contribution in [-0.2, 0) is 11.2 Å². The van der Waals surface area contributed by atoms with Crippen LogP contribution in [0.1, 0.15) is 11.1 Å². The van der Waals surface area contributed by atoms with Crippen molar-refractivity contribution in [3.05, 3.63) is 64.4 Å². The zero-order valence-electron chi connectivity index (χ0n) is 11.0. The molecule has 0 aliphatic carbocycles. The maximum atomic E-state index is 12.8. The quantitative estimate of drug-likeness (QED) is 0.849. The molecule has 0 radical (unpaired) electrons. The second-order valence-corrected chi connectivity index (χ2v) is 4.82. The molecule has 0 saturated heterocycles. The van der Waals surface area contributed by atoms with Crippen LogP contribution in [0.4, 0.5) is 4.39 Å². The number of hydrogen-bond donors (Lipinski definition) is 0. The van der Waals surface area contributed by atoms with E-state index in [1.165, 1.54) is 24.3 Å². The zero-order chi connectivity index (χ0) is 15.2. The third-order valence-electron chi connectivity index (χ3n) is 2.77. The van der Waals surface area contributed by atoms with E-state index in [4.69, 9.17) is 21.6 Å². The van der Waals surface area contributed by atoms with Gasteiger partial charge in [0.1, 0.15) is 24.2 Å². The Kier molecular flexibility index (Phi) is 4.91. The van der Waals surface area contributed by atoms with Gasteiger partial charge in [-0.25, -0.2) is 4.39 Å². The first-order chi connectivity index (χ1) is 10.1. The molecule has 106 valence electrons. The summed E-state index contributed by atoms with van der Waals surface area (Å²) >= 11 is 5.82. The molecule has 3 nitrogen and oxygen atoms in total. The van der Waals surface area contributed by atoms with Crippen LogP contribution in [0.2, 0.25) is 5.02 Å². The molecule has 0 saturated carbocycles. The van der Waals surface area contributed by atoms with Gasteiger partial charge in [-0.3, -0.25) is 4.79 Å². The molecule has 0 N–H and O–H groups in total. The molecule has 21 heavy (non-hydrogen) atoms. The normalized spacial score (nSPS) is 9.95. The molecule has 0 atom stereocenters. The number of benzene rings is 2. The Balaban J connectivity index is 1.97. The van der Waals surface area contributed by atoms with Gasteiger partial charge in [0.25, 0.3) is 0 Å². The van der Waals surface area contributed by atoms with Gasteiger partial charge in [-0.2, -0.15) is 5.26 Å². The Bertz CT molecular complexity index is 692. The van der Waals surface area contributed by atoms with E-state index < -0.39 is 0 Å². The molecule has 0 aliphatic rings. The maximum Gasteiger partial charge on any atom is 0.174 e. The molecule has 2 aromatic carbocycles. The van der Waals surface area contributed by atoms with E-state index >= 15 is 0 Å². The average Bonchev–Trinajstić information content (AvgIpc) is 2.48. The van der Waals surface area contributed by atoms with Crippen LogP contribution in [-0.4, -0.2) is 12.4 Å². The zero-order valence-corrected chi connectivity index (χ0v) is 11.7. The molecule has 0 amide bonds. The van der Waals surface area contributed by atoms with Crippen molar-refractivity contribution in [1.82, 2.24) is 0 Å². The number of rotatable bonds is 5. The first-order valence-electron chi connectivity index (χ1n) is 6.17. The van der Waals surface area contributed by atoms with Gasteiger partial charge in [-0.1, -0.05) is 23.7 Å². The van der Waals surface area contributed by atoms with Crippen molar-refractivity contribution in [3.63, 3.8) is 0 Å². The summed E-state index contributed by atoms with van der Waals surface area (Å²) in [6.45, 7) is -0.174. The first-order valence-corrected chi connectivity index (χ1v) is 6.55. The van der Waals surface area contributed by atoms with E-state index in [1.54, 1.807) is 18.2 Å². The molecule has 2 rings (SSSR count). The summed E-state index contributed by atoms with van der Waals surface area (Å²) in [6.07, 6.45) is 0.142. The Hall–Kier alpha value is -2.38. The SMILES string of the molecule is N#Cc1ccc(Cl)cc1OCC(=O)Cc1ccc(F)cc1. The number of halogens is 2. The number of hydrogen-bond acceptors (Lipinski definition) is 3. The number of Topliss-reactive ketones (excluding diaryl/α,β-unsaturated/α-hetero) is 1. The number of carbonyl (C=O) groups excluding carboxylic acids is 1. The average molecular weight is 304 g/mol. The first kappa shape index (κ1) is 15.0. The van der Waals surface area contributed by atoms with Gasteiger partial charge in [-0.15, -0.1) is 0 Å². The molecule has 0 aliphatic heterocycles. The monoisotopic (exact) mass is 303 g/mol. The summed E-state index contributed by atoms with van der Waals surface area (Å²) < 4.78 is 18.1. The molecule has 0 fully saturated rings. The highest BCUT2D eigenvalue weighted by atomic mass is 35.5. The van der Waals surface area contributed by atoms with Crippen molar-refractivity contribution in [2.75, 3.05) is 6.61 Å². The third kappa shape index (κ3) is 4.30. The Morgan fingerprint density at radius 1 is 1.24 bits per heavy atom. The second-order valence-electron chi connectivity index (χ2n) is 4.38. The Morgan fingerprint density at radius 2 is 1.95 bits per heavy atom. The highest BCUT2D eigenvalue weighted by Crippen LogP contribution is 2.22. The van der Waals surface area contributed by atoms with E-state index in [2.05, 4.69) is 0 Å². The van der Waals surface area contributed by atoms with E-state index in [1.807, 2.05) is 6.07 Å². The van der Waals surface area contributed by atoms with Gasteiger partial charge in [0.15, 0.2) is 5.78 Å². The fourth-order valence-corrected chi connectivity index (χ4v) is 1.91. The molecule has 0 unspecified atom stereocenters.